The van der Waals surface area contributed by atoms with Gasteiger partial charge in [0.15, 0.2) is 0 Å². The Kier molecular flexibility index (Phi) is 4.87. The van der Waals surface area contributed by atoms with Gasteiger partial charge in [0.2, 0.25) is 5.91 Å². The van der Waals surface area contributed by atoms with Gasteiger partial charge in [-0.1, -0.05) is 6.42 Å². The average Bonchev–Trinajstić information content (AvgIpc) is 2.84. The van der Waals surface area contributed by atoms with Crippen molar-refractivity contribution < 1.29 is 4.79 Å². The van der Waals surface area contributed by atoms with Crippen LogP contribution in [0.4, 0.5) is 0 Å². The molecule has 2 rings (SSSR count). The maximum atomic E-state index is 12.1. The highest BCUT2D eigenvalue weighted by atomic mass is 32.2. The van der Waals surface area contributed by atoms with Gasteiger partial charge in [0, 0.05) is 30.1 Å². The predicted octanol–water partition coefficient (Wildman–Crippen LogP) is 1.21. The smallest absolute Gasteiger partial charge is 0.241 e. The second-order valence-corrected chi connectivity index (χ2v) is 6.29. The van der Waals surface area contributed by atoms with E-state index < -0.39 is 6.04 Å². The number of aromatic nitrogens is 2. The van der Waals surface area contributed by atoms with Crippen LogP contribution in [0.15, 0.2) is 12.4 Å². The highest BCUT2D eigenvalue weighted by Crippen LogP contribution is 2.27. The van der Waals surface area contributed by atoms with Crippen LogP contribution in [-0.2, 0) is 11.8 Å². The van der Waals surface area contributed by atoms with Gasteiger partial charge in [-0.25, -0.2) is 0 Å². The molecule has 6 heteroatoms. The Labute approximate surface area is 118 Å². The molecular weight excluding hydrogens is 260 g/mol. The van der Waals surface area contributed by atoms with Crippen LogP contribution in [0.3, 0.4) is 0 Å². The van der Waals surface area contributed by atoms with Crippen molar-refractivity contribution in [3.63, 3.8) is 0 Å². The van der Waals surface area contributed by atoms with E-state index in [1.807, 2.05) is 18.8 Å². The van der Waals surface area contributed by atoms with E-state index in [0.29, 0.717) is 5.25 Å². The number of hydrogen-bond acceptors (Lipinski definition) is 4. The molecule has 1 aromatic rings. The Morgan fingerprint density at radius 1 is 1.63 bits per heavy atom. The van der Waals surface area contributed by atoms with Crippen LogP contribution >= 0.6 is 11.8 Å². The summed E-state index contributed by atoms with van der Waals surface area (Å²) in [4.78, 5) is 12.1. The van der Waals surface area contributed by atoms with Gasteiger partial charge in [0.05, 0.1) is 6.20 Å². The molecule has 0 aliphatic heterocycles. The molecule has 1 fully saturated rings. The number of hydrogen-bond donors (Lipinski definition) is 2. The maximum absolute atomic E-state index is 12.1. The summed E-state index contributed by atoms with van der Waals surface area (Å²) in [6.45, 7) is 0. The van der Waals surface area contributed by atoms with Gasteiger partial charge in [0.1, 0.15) is 6.04 Å². The first-order valence-corrected chi connectivity index (χ1v) is 7.96. The lowest BCUT2D eigenvalue weighted by atomic mass is 9.94. The lowest BCUT2D eigenvalue weighted by molar-refractivity contribution is -0.123. The van der Waals surface area contributed by atoms with Gasteiger partial charge >= 0.3 is 0 Å². The Hall–Kier alpha value is -1.01. The van der Waals surface area contributed by atoms with Crippen molar-refractivity contribution in [2.24, 2.45) is 12.8 Å². The van der Waals surface area contributed by atoms with Gasteiger partial charge in [-0.05, 0) is 25.5 Å². The van der Waals surface area contributed by atoms with Crippen molar-refractivity contribution in [1.82, 2.24) is 15.1 Å². The molecule has 0 bridgehead atoms. The summed E-state index contributed by atoms with van der Waals surface area (Å²) in [5, 5.41) is 7.78. The van der Waals surface area contributed by atoms with E-state index in [1.165, 1.54) is 12.8 Å². The number of thioether (sulfide) groups is 1. The fourth-order valence-electron chi connectivity index (χ4n) is 2.53. The van der Waals surface area contributed by atoms with E-state index in [2.05, 4.69) is 16.7 Å². The molecule has 1 aliphatic rings. The van der Waals surface area contributed by atoms with Gasteiger partial charge in [-0.15, -0.1) is 0 Å². The average molecular weight is 282 g/mol. The van der Waals surface area contributed by atoms with E-state index >= 15 is 0 Å². The van der Waals surface area contributed by atoms with Gasteiger partial charge in [-0.3, -0.25) is 9.48 Å². The highest BCUT2D eigenvalue weighted by Gasteiger charge is 2.25. The number of carbonyl (C=O) groups is 1. The number of nitrogens with one attached hydrogen (secondary N) is 1. The molecule has 1 aliphatic carbocycles. The minimum absolute atomic E-state index is 0.0975. The molecule has 1 saturated carbocycles. The summed E-state index contributed by atoms with van der Waals surface area (Å²) >= 11 is 1.89. The van der Waals surface area contributed by atoms with Crippen LogP contribution in [0, 0.1) is 0 Å². The van der Waals surface area contributed by atoms with Crippen LogP contribution in [0.2, 0.25) is 0 Å². The van der Waals surface area contributed by atoms with Crippen molar-refractivity contribution in [1.29, 1.82) is 0 Å². The van der Waals surface area contributed by atoms with E-state index in [1.54, 1.807) is 17.1 Å². The molecule has 0 saturated heterocycles. The number of aryl methyl sites for hydroxylation is 1. The summed E-state index contributed by atoms with van der Waals surface area (Å²) in [7, 11) is 1.82. The number of nitrogens with zero attached hydrogens (tertiary/aromatic N) is 2. The van der Waals surface area contributed by atoms with Gasteiger partial charge in [-0.2, -0.15) is 16.9 Å². The number of rotatable bonds is 4. The molecule has 1 heterocycles. The van der Waals surface area contributed by atoms with Crippen LogP contribution < -0.4 is 11.1 Å². The fraction of sp³-hybridized carbons (Fsp3) is 0.692. The molecule has 1 aromatic heterocycles. The Balaban J connectivity index is 1.89. The zero-order chi connectivity index (χ0) is 13.8. The zero-order valence-corrected chi connectivity index (χ0v) is 12.3. The first kappa shape index (κ1) is 14.4. The van der Waals surface area contributed by atoms with Crippen molar-refractivity contribution in [3.05, 3.63) is 18.0 Å². The SMILES string of the molecule is CSC1CCCC(NC(=O)C(N)c2cnn(C)c2)C1. The fourth-order valence-corrected chi connectivity index (χ4v) is 3.36. The predicted molar refractivity (Wildman–Crippen MR) is 77.8 cm³/mol. The summed E-state index contributed by atoms with van der Waals surface area (Å²) in [5.41, 5.74) is 6.73. The zero-order valence-electron chi connectivity index (χ0n) is 11.5. The standard InChI is InChI=1S/C13H22N4OS/c1-17-8-9(7-15-17)12(14)13(18)16-10-4-3-5-11(6-10)19-2/h7-8,10-12H,3-6,14H2,1-2H3,(H,16,18). The lowest BCUT2D eigenvalue weighted by Gasteiger charge is -2.29. The molecular formula is C13H22N4OS. The first-order valence-electron chi connectivity index (χ1n) is 6.67. The maximum Gasteiger partial charge on any atom is 0.241 e. The van der Waals surface area contributed by atoms with E-state index in [0.717, 1.165) is 18.4 Å². The van der Waals surface area contributed by atoms with Crippen LogP contribution in [0.25, 0.3) is 0 Å². The molecule has 0 spiro atoms. The van der Waals surface area contributed by atoms with Crippen molar-refractivity contribution >= 4 is 17.7 Å². The van der Waals surface area contributed by atoms with Crippen molar-refractivity contribution in [2.75, 3.05) is 6.26 Å². The molecule has 1 amide bonds. The Morgan fingerprint density at radius 2 is 2.42 bits per heavy atom. The highest BCUT2D eigenvalue weighted by molar-refractivity contribution is 7.99. The van der Waals surface area contributed by atoms with Crippen molar-refractivity contribution in [2.45, 2.75) is 43.0 Å². The molecule has 19 heavy (non-hydrogen) atoms. The molecule has 3 unspecified atom stereocenters. The summed E-state index contributed by atoms with van der Waals surface area (Å²) in [6, 6.07) is -0.357. The van der Waals surface area contributed by atoms with E-state index in [9.17, 15) is 4.79 Å². The van der Waals surface area contributed by atoms with Crippen LogP contribution in [0.1, 0.15) is 37.3 Å². The third-order valence-electron chi connectivity index (χ3n) is 3.67. The minimum Gasteiger partial charge on any atom is -0.352 e. The second-order valence-electron chi connectivity index (χ2n) is 5.15. The molecule has 0 radical (unpaired) electrons. The Bertz CT molecular complexity index is 434. The summed E-state index contributed by atoms with van der Waals surface area (Å²) < 4.78 is 1.66. The normalized spacial score (nSPS) is 25.0. The molecule has 3 atom stereocenters. The van der Waals surface area contributed by atoms with Crippen LogP contribution in [0.5, 0.6) is 0 Å². The third-order valence-corrected chi connectivity index (χ3v) is 4.77. The van der Waals surface area contributed by atoms with Crippen LogP contribution in [-0.4, -0.2) is 33.2 Å². The molecule has 3 N–H and O–H groups in total. The molecule has 5 nitrogen and oxygen atoms in total. The first-order chi connectivity index (χ1) is 9.10. The number of nitrogens with two attached hydrogens (primary N) is 1. The van der Waals surface area contributed by atoms with E-state index in [4.69, 9.17) is 5.73 Å². The monoisotopic (exact) mass is 282 g/mol. The summed E-state index contributed by atoms with van der Waals surface area (Å²) in [6.07, 6.45) is 10.1. The quantitative estimate of drug-likeness (QED) is 0.870. The molecule has 0 aromatic carbocycles. The topological polar surface area (TPSA) is 72.9 Å². The van der Waals surface area contributed by atoms with Gasteiger partial charge < -0.3 is 11.1 Å². The summed E-state index contributed by atoms with van der Waals surface area (Å²) in [5.74, 6) is -0.0975. The largest absolute Gasteiger partial charge is 0.352 e. The minimum atomic E-state index is -0.622. The number of carbonyl (C=O) groups excluding carboxylic acids is 1. The third kappa shape index (κ3) is 3.73. The molecule has 106 valence electrons. The number of amides is 1. The van der Waals surface area contributed by atoms with Gasteiger partial charge in [0.25, 0.3) is 0 Å². The van der Waals surface area contributed by atoms with Crippen molar-refractivity contribution in [3.8, 4) is 0 Å². The second kappa shape index (κ2) is 6.43. The Morgan fingerprint density at radius 3 is 3.05 bits per heavy atom. The lowest BCUT2D eigenvalue weighted by Crippen LogP contribution is -2.43. The van der Waals surface area contributed by atoms with E-state index in [-0.39, 0.29) is 11.9 Å².